The summed E-state index contributed by atoms with van der Waals surface area (Å²) >= 11 is 9.45. The molecule has 1 saturated heterocycles. The van der Waals surface area contributed by atoms with Crippen molar-refractivity contribution in [3.05, 3.63) is 99.0 Å². The van der Waals surface area contributed by atoms with Gasteiger partial charge in [-0.1, -0.05) is 54.1 Å². The predicted molar refractivity (Wildman–Crippen MR) is 142 cm³/mol. The molecule has 1 fully saturated rings. The largest absolute Gasteiger partial charge is 0.444 e. The van der Waals surface area contributed by atoms with E-state index in [0.29, 0.717) is 28.8 Å². The van der Waals surface area contributed by atoms with E-state index in [1.54, 1.807) is 18.2 Å². The summed E-state index contributed by atoms with van der Waals surface area (Å²) < 4.78 is 5.89. The summed E-state index contributed by atoms with van der Waals surface area (Å²) in [5.41, 5.74) is 3.30. The Bertz CT molecular complexity index is 1150. The Kier molecular flexibility index (Phi) is 8.79. The molecule has 1 N–H and O–H groups in total. The van der Waals surface area contributed by atoms with Crippen LogP contribution in [0.4, 0.5) is 10.5 Å². The summed E-state index contributed by atoms with van der Waals surface area (Å²) in [5, 5.41) is 3.45. The van der Waals surface area contributed by atoms with E-state index in [1.165, 1.54) is 5.56 Å². The lowest BCUT2D eigenvalue weighted by atomic mass is 10.1. The third-order valence-corrected chi connectivity index (χ3v) is 6.86. The minimum absolute atomic E-state index is 0.0209. The van der Waals surface area contributed by atoms with E-state index in [2.05, 4.69) is 38.3 Å². The number of amides is 2. The zero-order valence-corrected chi connectivity index (χ0v) is 21.6. The molecule has 0 bridgehead atoms. The van der Waals surface area contributed by atoms with E-state index in [9.17, 15) is 9.59 Å². The number of nitrogens with one attached hydrogen (secondary N) is 1. The maximum absolute atomic E-state index is 13.1. The first-order valence-electron chi connectivity index (χ1n) is 11.5. The summed E-state index contributed by atoms with van der Waals surface area (Å²) in [5.74, 6) is -0.0209. The number of hydrogen-bond donors (Lipinski definition) is 1. The monoisotopic (exact) mass is 555 g/mol. The summed E-state index contributed by atoms with van der Waals surface area (Å²) in [6, 6.07) is 22.6. The molecular formula is C27H27BrClN3O3. The zero-order chi connectivity index (χ0) is 24.6. The summed E-state index contributed by atoms with van der Waals surface area (Å²) in [6.07, 6.45) is 0.411. The van der Waals surface area contributed by atoms with Crippen molar-refractivity contribution in [3.8, 4) is 0 Å². The number of piperazine rings is 1. The fraction of sp³-hybridized carbons (Fsp3) is 0.259. The third kappa shape index (κ3) is 7.31. The van der Waals surface area contributed by atoms with Gasteiger partial charge in [-0.15, -0.1) is 0 Å². The second kappa shape index (κ2) is 12.2. The minimum Gasteiger partial charge on any atom is -0.444 e. The number of halogens is 2. The van der Waals surface area contributed by atoms with Crippen LogP contribution in [0.15, 0.2) is 77.3 Å². The maximum Gasteiger partial charge on any atom is 0.411 e. The average Bonchev–Trinajstić information content (AvgIpc) is 2.88. The number of carbonyl (C=O) groups is 2. The van der Waals surface area contributed by atoms with Crippen LogP contribution in [0, 0.1) is 0 Å². The summed E-state index contributed by atoms with van der Waals surface area (Å²) in [7, 11) is 0. The van der Waals surface area contributed by atoms with Gasteiger partial charge in [0.25, 0.3) is 5.91 Å². The fourth-order valence-corrected chi connectivity index (χ4v) is 4.60. The minimum atomic E-state index is -0.547. The Hall–Kier alpha value is -2.87. The van der Waals surface area contributed by atoms with Crippen LogP contribution < -0.4 is 5.32 Å². The standard InChI is InChI=1S/C27H27BrClN3O3/c28-25-18-23(30-27(34)35-19-21-4-2-1-3-5-21)10-11-24(25)26(33)32-16-14-31(15-17-32)13-12-20-6-8-22(29)9-7-20/h1-11,18H,12-17,19H2,(H,30,34). The normalized spacial score (nSPS) is 13.9. The van der Waals surface area contributed by atoms with Gasteiger partial charge in [-0.25, -0.2) is 4.79 Å². The smallest absolute Gasteiger partial charge is 0.411 e. The van der Waals surface area contributed by atoms with E-state index in [4.69, 9.17) is 16.3 Å². The number of carbonyl (C=O) groups excluding carboxylic acids is 2. The van der Waals surface area contributed by atoms with Gasteiger partial charge in [0.15, 0.2) is 0 Å². The molecule has 0 spiro atoms. The van der Waals surface area contributed by atoms with Crippen LogP contribution >= 0.6 is 27.5 Å². The van der Waals surface area contributed by atoms with E-state index >= 15 is 0 Å². The van der Waals surface area contributed by atoms with Crippen LogP contribution in [0.5, 0.6) is 0 Å². The lowest BCUT2D eigenvalue weighted by Crippen LogP contribution is -2.49. The highest BCUT2D eigenvalue weighted by atomic mass is 79.9. The van der Waals surface area contributed by atoms with Crippen molar-refractivity contribution < 1.29 is 14.3 Å². The Morgan fingerprint density at radius 3 is 2.31 bits per heavy atom. The molecule has 0 aromatic heterocycles. The van der Waals surface area contributed by atoms with Crippen molar-refractivity contribution in [1.82, 2.24) is 9.80 Å². The van der Waals surface area contributed by atoms with Crippen LogP contribution in [0.3, 0.4) is 0 Å². The van der Waals surface area contributed by atoms with Gasteiger partial charge >= 0.3 is 6.09 Å². The van der Waals surface area contributed by atoms with E-state index in [0.717, 1.165) is 36.6 Å². The van der Waals surface area contributed by atoms with Crippen molar-refractivity contribution in [2.24, 2.45) is 0 Å². The highest BCUT2D eigenvalue weighted by Crippen LogP contribution is 2.24. The first kappa shape index (κ1) is 25.2. The maximum atomic E-state index is 13.1. The van der Waals surface area contributed by atoms with Gasteiger partial charge in [0.2, 0.25) is 0 Å². The molecule has 3 aromatic carbocycles. The first-order chi connectivity index (χ1) is 17.0. The molecule has 1 aliphatic rings. The fourth-order valence-electron chi connectivity index (χ4n) is 3.93. The van der Waals surface area contributed by atoms with E-state index < -0.39 is 6.09 Å². The molecular weight excluding hydrogens is 530 g/mol. The Labute approximate surface area is 219 Å². The molecule has 0 radical (unpaired) electrons. The van der Waals surface area contributed by atoms with E-state index in [1.807, 2.05) is 47.4 Å². The third-order valence-electron chi connectivity index (χ3n) is 5.95. The number of ether oxygens (including phenoxy) is 1. The van der Waals surface area contributed by atoms with Crippen molar-refractivity contribution >= 4 is 45.2 Å². The molecule has 4 rings (SSSR count). The molecule has 182 valence electrons. The molecule has 8 heteroatoms. The molecule has 1 aliphatic heterocycles. The topological polar surface area (TPSA) is 61.9 Å². The van der Waals surface area contributed by atoms with Gasteiger partial charge in [-0.3, -0.25) is 15.0 Å². The molecule has 0 unspecified atom stereocenters. The second-order valence-electron chi connectivity index (χ2n) is 8.39. The van der Waals surface area contributed by atoms with Crippen molar-refractivity contribution in [2.45, 2.75) is 13.0 Å². The highest BCUT2D eigenvalue weighted by Gasteiger charge is 2.23. The highest BCUT2D eigenvalue weighted by molar-refractivity contribution is 9.10. The number of anilines is 1. The molecule has 0 atom stereocenters. The van der Waals surface area contributed by atoms with Gasteiger partial charge < -0.3 is 9.64 Å². The Morgan fingerprint density at radius 1 is 0.914 bits per heavy atom. The second-order valence-corrected chi connectivity index (χ2v) is 9.68. The zero-order valence-electron chi connectivity index (χ0n) is 19.3. The van der Waals surface area contributed by atoms with Crippen molar-refractivity contribution in [1.29, 1.82) is 0 Å². The van der Waals surface area contributed by atoms with Gasteiger partial charge in [0.05, 0.1) is 5.56 Å². The molecule has 3 aromatic rings. The number of rotatable bonds is 7. The summed E-state index contributed by atoms with van der Waals surface area (Å²) in [4.78, 5) is 29.5. The van der Waals surface area contributed by atoms with Gasteiger partial charge in [0.1, 0.15) is 6.61 Å². The first-order valence-corrected chi connectivity index (χ1v) is 12.7. The lowest BCUT2D eigenvalue weighted by Gasteiger charge is -2.35. The van der Waals surface area contributed by atoms with Gasteiger partial charge in [0, 0.05) is 47.9 Å². The molecule has 0 aliphatic carbocycles. The molecule has 35 heavy (non-hydrogen) atoms. The predicted octanol–water partition coefficient (Wildman–Crippen LogP) is 5.85. The van der Waals surface area contributed by atoms with Crippen LogP contribution in [0.1, 0.15) is 21.5 Å². The number of nitrogens with zero attached hydrogens (tertiary/aromatic N) is 2. The van der Waals surface area contributed by atoms with Crippen LogP contribution in [-0.2, 0) is 17.8 Å². The lowest BCUT2D eigenvalue weighted by molar-refractivity contribution is 0.0637. The molecule has 6 nitrogen and oxygen atoms in total. The van der Waals surface area contributed by atoms with Crippen molar-refractivity contribution in [2.75, 3.05) is 38.0 Å². The van der Waals surface area contributed by atoms with Crippen LogP contribution in [0.2, 0.25) is 5.02 Å². The van der Waals surface area contributed by atoms with Gasteiger partial charge in [-0.2, -0.15) is 0 Å². The molecule has 1 heterocycles. The SMILES string of the molecule is O=C(Nc1ccc(C(=O)N2CCN(CCc3ccc(Cl)cc3)CC2)c(Br)c1)OCc1ccccc1. The molecule has 0 saturated carbocycles. The molecule has 2 amide bonds. The van der Waals surface area contributed by atoms with Crippen molar-refractivity contribution in [3.63, 3.8) is 0 Å². The Morgan fingerprint density at radius 2 is 1.63 bits per heavy atom. The van der Waals surface area contributed by atoms with E-state index in [-0.39, 0.29) is 12.5 Å². The number of hydrogen-bond acceptors (Lipinski definition) is 4. The average molecular weight is 557 g/mol. The summed E-state index contributed by atoms with van der Waals surface area (Å²) in [6.45, 7) is 4.17. The van der Waals surface area contributed by atoms with Crippen LogP contribution in [0.25, 0.3) is 0 Å². The van der Waals surface area contributed by atoms with Crippen LogP contribution in [-0.4, -0.2) is 54.5 Å². The number of benzene rings is 3. The Balaban J connectivity index is 1.24. The quantitative estimate of drug-likeness (QED) is 0.396. The van der Waals surface area contributed by atoms with Gasteiger partial charge in [-0.05, 0) is 63.8 Å².